The lowest BCUT2D eigenvalue weighted by molar-refractivity contribution is -0.128. The molecule has 0 amide bonds. The molecule has 2 aromatic rings. The molecular formula is C11H9BrN2O3. The summed E-state index contributed by atoms with van der Waals surface area (Å²) in [5.41, 5.74) is 0.850. The second kappa shape index (κ2) is 5.58. The Bertz CT molecular complexity index is 496. The Morgan fingerprint density at radius 2 is 2.06 bits per heavy atom. The molecule has 1 heterocycles. The highest BCUT2D eigenvalue weighted by Gasteiger charge is 2.08. The van der Waals surface area contributed by atoms with E-state index in [1.807, 2.05) is 24.3 Å². The zero-order chi connectivity index (χ0) is 12.1. The quantitative estimate of drug-likeness (QED) is 0.625. The Hall–Kier alpha value is -1.69. The maximum absolute atomic E-state index is 9.96. The van der Waals surface area contributed by atoms with Crippen LogP contribution in [-0.2, 0) is 16.0 Å². The minimum atomic E-state index is 0.242. The van der Waals surface area contributed by atoms with Gasteiger partial charge >= 0.3 is 0 Å². The topological polar surface area (TPSA) is 65.2 Å². The molecule has 0 saturated carbocycles. The molecule has 0 bridgehead atoms. The van der Waals surface area contributed by atoms with Crippen molar-refractivity contribution in [3.63, 3.8) is 0 Å². The fraction of sp³-hybridized carbons (Fsp3) is 0.182. The molecule has 0 atom stereocenters. The Morgan fingerprint density at radius 3 is 2.76 bits per heavy atom. The minimum absolute atomic E-state index is 0.242. The highest BCUT2D eigenvalue weighted by molar-refractivity contribution is 9.10. The van der Waals surface area contributed by atoms with Crippen LogP contribution in [0.2, 0.25) is 0 Å². The zero-order valence-electron chi connectivity index (χ0n) is 8.80. The van der Waals surface area contributed by atoms with Crippen LogP contribution in [-0.4, -0.2) is 23.3 Å². The van der Waals surface area contributed by atoms with Gasteiger partial charge in [-0.05, 0) is 24.3 Å². The van der Waals surface area contributed by atoms with Crippen molar-refractivity contribution >= 4 is 22.4 Å². The summed E-state index contributed by atoms with van der Waals surface area (Å²) in [5.74, 6) is 0.906. The predicted octanol–water partition coefficient (Wildman–Crippen LogP) is 2.21. The van der Waals surface area contributed by atoms with E-state index in [0.717, 1.165) is 10.0 Å². The first-order valence-corrected chi connectivity index (χ1v) is 5.72. The van der Waals surface area contributed by atoms with Gasteiger partial charge in [0.15, 0.2) is 0 Å². The lowest BCUT2D eigenvalue weighted by Crippen LogP contribution is -1.96. The van der Waals surface area contributed by atoms with Gasteiger partial charge < -0.3 is 9.15 Å². The number of nitrogens with zero attached hydrogens (tertiary/aromatic N) is 2. The summed E-state index contributed by atoms with van der Waals surface area (Å²) in [7, 11) is 0. The molecule has 0 N–H and O–H groups in total. The van der Waals surface area contributed by atoms with Crippen molar-refractivity contribution < 1.29 is 13.9 Å². The summed E-state index contributed by atoms with van der Waals surface area (Å²) in [4.78, 5) is 9.96. The van der Waals surface area contributed by atoms with E-state index in [1.54, 1.807) is 0 Å². The van der Waals surface area contributed by atoms with E-state index >= 15 is 0 Å². The first-order valence-electron chi connectivity index (χ1n) is 4.93. The molecular weight excluding hydrogens is 288 g/mol. The van der Waals surface area contributed by atoms with Crippen molar-refractivity contribution in [1.29, 1.82) is 0 Å². The number of hydrogen-bond acceptors (Lipinski definition) is 5. The van der Waals surface area contributed by atoms with Crippen LogP contribution in [0.3, 0.4) is 0 Å². The number of rotatable bonds is 5. The molecule has 1 aromatic carbocycles. The van der Waals surface area contributed by atoms with Crippen LogP contribution >= 0.6 is 15.9 Å². The maximum Gasteiger partial charge on any atom is 0.293 e. The van der Waals surface area contributed by atoms with Crippen molar-refractivity contribution in [2.75, 3.05) is 6.61 Å². The van der Waals surface area contributed by atoms with Gasteiger partial charge in [-0.3, -0.25) is 4.79 Å². The third-order valence-corrected chi connectivity index (χ3v) is 2.59. The third kappa shape index (κ3) is 3.13. The number of ether oxygens (including phenoxy) is 1. The highest BCUT2D eigenvalue weighted by atomic mass is 79.9. The van der Waals surface area contributed by atoms with Crippen LogP contribution in [0.5, 0.6) is 0 Å². The van der Waals surface area contributed by atoms with Crippen molar-refractivity contribution in [1.82, 2.24) is 10.2 Å². The molecule has 0 aliphatic carbocycles. The standard InChI is InChI=1S/C11H9BrN2O3/c12-9-3-1-8(2-4-9)11-14-13-10(17-11)5-6-16-7-15/h1-4,7H,5-6H2. The Kier molecular flexibility index (Phi) is 3.87. The van der Waals surface area contributed by atoms with Crippen molar-refractivity contribution in [2.24, 2.45) is 0 Å². The van der Waals surface area contributed by atoms with Crippen LogP contribution in [0, 0.1) is 0 Å². The number of aromatic nitrogens is 2. The lowest BCUT2D eigenvalue weighted by atomic mass is 10.2. The molecule has 5 nitrogen and oxygen atoms in total. The first kappa shape index (κ1) is 11.8. The van der Waals surface area contributed by atoms with E-state index < -0.39 is 0 Å². The summed E-state index contributed by atoms with van der Waals surface area (Å²) >= 11 is 3.35. The minimum Gasteiger partial charge on any atom is -0.467 e. The SMILES string of the molecule is O=COCCc1nnc(-c2ccc(Br)cc2)o1. The Morgan fingerprint density at radius 1 is 1.29 bits per heavy atom. The monoisotopic (exact) mass is 296 g/mol. The van der Waals surface area contributed by atoms with Gasteiger partial charge in [0.25, 0.3) is 6.47 Å². The van der Waals surface area contributed by atoms with E-state index in [4.69, 9.17) is 4.42 Å². The van der Waals surface area contributed by atoms with Gasteiger partial charge in [0.1, 0.15) is 0 Å². The summed E-state index contributed by atoms with van der Waals surface area (Å²) in [6.45, 7) is 0.636. The number of benzene rings is 1. The molecule has 0 saturated heterocycles. The van der Waals surface area contributed by atoms with Crippen LogP contribution in [0.1, 0.15) is 5.89 Å². The lowest BCUT2D eigenvalue weighted by Gasteiger charge is -1.95. The van der Waals surface area contributed by atoms with E-state index in [9.17, 15) is 4.79 Å². The fourth-order valence-corrected chi connectivity index (χ4v) is 1.52. The molecule has 2 rings (SSSR count). The van der Waals surface area contributed by atoms with E-state index in [0.29, 0.717) is 24.7 Å². The average Bonchev–Trinajstić information content (AvgIpc) is 2.79. The molecule has 0 aliphatic rings. The number of carbonyl (C=O) groups is 1. The van der Waals surface area contributed by atoms with Crippen molar-refractivity contribution in [3.05, 3.63) is 34.6 Å². The summed E-state index contributed by atoms with van der Waals surface area (Å²) in [6.07, 6.45) is 0.419. The first-order chi connectivity index (χ1) is 8.29. The largest absolute Gasteiger partial charge is 0.467 e. The number of halogens is 1. The van der Waals surface area contributed by atoms with Crippen LogP contribution in [0.4, 0.5) is 0 Å². The number of hydrogen-bond donors (Lipinski definition) is 0. The van der Waals surface area contributed by atoms with Crippen LogP contribution < -0.4 is 0 Å². The molecule has 0 fully saturated rings. The molecule has 0 aliphatic heterocycles. The molecule has 1 aromatic heterocycles. The molecule has 17 heavy (non-hydrogen) atoms. The molecule has 0 spiro atoms. The van der Waals surface area contributed by atoms with Crippen molar-refractivity contribution in [3.8, 4) is 11.5 Å². The summed E-state index contributed by atoms with van der Waals surface area (Å²) in [6, 6.07) is 7.55. The second-order valence-corrected chi connectivity index (χ2v) is 4.14. The fourth-order valence-electron chi connectivity index (χ4n) is 1.26. The maximum atomic E-state index is 9.96. The number of carbonyl (C=O) groups excluding carboxylic acids is 1. The highest BCUT2D eigenvalue weighted by Crippen LogP contribution is 2.20. The van der Waals surface area contributed by atoms with E-state index in [-0.39, 0.29) is 6.61 Å². The van der Waals surface area contributed by atoms with Gasteiger partial charge in [-0.15, -0.1) is 10.2 Å². The molecule has 88 valence electrons. The van der Waals surface area contributed by atoms with E-state index in [2.05, 4.69) is 30.9 Å². The van der Waals surface area contributed by atoms with Gasteiger partial charge in [-0.2, -0.15) is 0 Å². The molecule has 0 radical (unpaired) electrons. The van der Waals surface area contributed by atoms with Gasteiger partial charge in [-0.1, -0.05) is 15.9 Å². The smallest absolute Gasteiger partial charge is 0.293 e. The summed E-state index contributed by atoms with van der Waals surface area (Å²) in [5, 5.41) is 7.78. The van der Waals surface area contributed by atoms with Crippen LogP contribution in [0.15, 0.2) is 33.2 Å². The average molecular weight is 297 g/mol. The molecule has 6 heteroatoms. The third-order valence-electron chi connectivity index (χ3n) is 2.06. The summed E-state index contributed by atoms with van der Waals surface area (Å²) < 4.78 is 11.0. The second-order valence-electron chi connectivity index (χ2n) is 3.22. The van der Waals surface area contributed by atoms with Gasteiger partial charge in [-0.25, -0.2) is 0 Å². The predicted molar refractivity (Wildman–Crippen MR) is 63.2 cm³/mol. The van der Waals surface area contributed by atoms with E-state index in [1.165, 1.54) is 0 Å². The van der Waals surface area contributed by atoms with Crippen LogP contribution in [0.25, 0.3) is 11.5 Å². The zero-order valence-corrected chi connectivity index (χ0v) is 10.4. The van der Waals surface area contributed by atoms with Gasteiger partial charge in [0, 0.05) is 10.0 Å². The van der Waals surface area contributed by atoms with Gasteiger partial charge in [0.2, 0.25) is 11.8 Å². The Balaban J connectivity index is 2.07. The molecule has 0 unspecified atom stereocenters. The van der Waals surface area contributed by atoms with Gasteiger partial charge in [0.05, 0.1) is 13.0 Å². The Labute approximate surface area is 106 Å². The normalized spacial score (nSPS) is 10.2. The van der Waals surface area contributed by atoms with Crippen molar-refractivity contribution in [2.45, 2.75) is 6.42 Å².